The molecule has 4 heteroatoms. The molecule has 1 unspecified atom stereocenters. The quantitative estimate of drug-likeness (QED) is 0.911. The third-order valence-electron chi connectivity index (χ3n) is 3.13. The van der Waals surface area contributed by atoms with E-state index in [-0.39, 0.29) is 18.7 Å². The van der Waals surface area contributed by atoms with Crippen molar-refractivity contribution < 1.29 is 13.6 Å². The molecule has 0 spiro atoms. The molecular weight excluding hydrogens is 260 g/mol. The number of nitrogens with two attached hydrogens (primary N) is 1. The topological polar surface area (TPSA) is 43.1 Å². The van der Waals surface area contributed by atoms with E-state index < -0.39 is 17.6 Å². The number of Topliss-reactive ketones (excluding diaryl/α,β-unsaturated/α-hetero) is 1. The number of hydrogen-bond donors (Lipinski definition) is 1. The van der Waals surface area contributed by atoms with Gasteiger partial charge in [-0.25, -0.2) is 8.78 Å². The first kappa shape index (κ1) is 14.3. The van der Waals surface area contributed by atoms with Crippen molar-refractivity contribution in [3.63, 3.8) is 0 Å². The van der Waals surface area contributed by atoms with Gasteiger partial charge in [0.05, 0.1) is 5.92 Å². The summed E-state index contributed by atoms with van der Waals surface area (Å²) in [7, 11) is 0. The highest BCUT2D eigenvalue weighted by molar-refractivity contribution is 5.87. The van der Waals surface area contributed by atoms with Crippen LogP contribution in [0.4, 0.5) is 8.78 Å². The van der Waals surface area contributed by atoms with Crippen molar-refractivity contribution in [3.8, 4) is 0 Å². The molecule has 0 bridgehead atoms. The van der Waals surface area contributed by atoms with Gasteiger partial charge in [0, 0.05) is 19.0 Å². The standard InChI is InChI=1S/C16H15F2NO/c17-13-6-11(7-14(18)9-13)8-16(20)15(10-19)12-4-2-1-3-5-12/h1-7,9,15H,8,10,19H2. The van der Waals surface area contributed by atoms with E-state index in [9.17, 15) is 13.6 Å². The van der Waals surface area contributed by atoms with Crippen molar-refractivity contribution in [2.75, 3.05) is 6.54 Å². The van der Waals surface area contributed by atoms with Gasteiger partial charge in [0.25, 0.3) is 0 Å². The number of halogens is 2. The maximum Gasteiger partial charge on any atom is 0.145 e. The summed E-state index contributed by atoms with van der Waals surface area (Å²) in [5.74, 6) is -1.97. The van der Waals surface area contributed by atoms with Crippen molar-refractivity contribution in [2.24, 2.45) is 5.73 Å². The van der Waals surface area contributed by atoms with Gasteiger partial charge in [-0.15, -0.1) is 0 Å². The maximum absolute atomic E-state index is 13.1. The molecule has 0 saturated heterocycles. The minimum absolute atomic E-state index is 0.0363. The number of carbonyl (C=O) groups excluding carboxylic acids is 1. The number of rotatable bonds is 5. The zero-order valence-electron chi connectivity index (χ0n) is 10.9. The van der Waals surface area contributed by atoms with Gasteiger partial charge in [-0.1, -0.05) is 30.3 Å². The Morgan fingerprint density at radius 2 is 1.65 bits per heavy atom. The zero-order valence-corrected chi connectivity index (χ0v) is 10.9. The van der Waals surface area contributed by atoms with E-state index in [1.54, 1.807) is 0 Å². The average Bonchev–Trinajstić information content (AvgIpc) is 2.39. The van der Waals surface area contributed by atoms with E-state index in [0.717, 1.165) is 11.6 Å². The number of hydrogen-bond acceptors (Lipinski definition) is 2. The third kappa shape index (κ3) is 3.48. The number of ketones is 1. The SMILES string of the molecule is NCC(C(=O)Cc1cc(F)cc(F)c1)c1ccccc1. The minimum Gasteiger partial charge on any atom is -0.329 e. The molecule has 2 N–H and O–H groups in total. The lowest BCUT2D eigenvalue weighted by molar-refractivity contribution is -0.119. The predicted molar refractivity (Wildman–Crippen MR) is 73.3 cm³/mol. The fraction of sp³-hybridized carbons (Fsp3) is 0.188. The van der Waals surface area contributed by atoms with Crippen LogP contribution in [-0.2, 0) is 11.2 Å². The molecule has 0 heterocycles. The minimum atomic E-state index is -0.684. The fourth-order valence-electron chi connectivity index (χ4n) is 2.18. The first-order valence-electron chi connectivity index (χ1n) is 6.33. The molecular formula is C16H15F2NO. The van der Waals surface area contributed by atoms with Crippen LogP contribution >= 0.6 is 0 Å². The van der Waals surface area contributed by atoms with Gasteiger partial charge < -0.3 is 5.73 Å². The van der Waals surface area contributed by atoms with E-state index >= 15 is 0 Å². The molecule has 2 aromatic carbocycles. The Morgan fingerprint density at radius 1 is 1.05 bits per heavy atom. The number of benzene rings is 2. The highest BCUT2D eigenvalue weighted by Crippen LogP contribution is 2.18. The van der Waals surface area contributed by atoms with Gasteiger partial charge >= 0.3 is 0 Å². The van der Waals surface area contributed by atoms with Crippen LogP contribution in [0.25, 0.3) is 0 Å². The molecule has 0 aliphatic rings. The van der Waals surface area contributed by atoms with Crippen LogP contribution in [0.2, 0.25) is 0 Å². The Morgan fingerprint density at radius 3 is 2.20 bits per heavy atom. The lowest BCUT2D eigenvalue weighted by Crippen LogP contribution is -2.23. The molecule has 2 nitrogen and oxygen atoms in total. The zero-order chi connectivity index (χ0) is 14.5. The van der Waals surface area contributed by atoms with Crippen LogP contribution in [0.1, 0.15) is 17.0 Å². The predicted octanol–water partition coefficient (Wildman–Crippen LogP) is 2.82. The van der Waals surface area contributed by atoms with Crippen molar-refractivity contribution in [1.82, 2.24) is 0 Å². The Kier molecular flexibility index (Phi) is 4.58. The molecule has 104 valence electrons. The van der Waals surface area contributed by atoms with Crippen LogP contribution in [0, 0.1) is 11.6 Å². The Bertz CT molecular complexity index is 578. The van der Waals surface area contributed by atoms with Gasteiger partial charge in [0.15, 0.2) is 0 Å². The maximum atomic E-state index is 13.1. The van der Waals surface area contributed by atoms with Gasteiger partial charge in [-0.3, -0.25) is 4.79 Å². The summed E-state index contributed by atoms with van der Waals surface area (Å²) in [6, 6.07) is 12.3. The molecule has 2 rings (SSSR count). The summed E-state index contributed by atoms with van der Waals surface area (Å²) in [5.41, 5.74) is 6.79. The van der Waals surface area contributed by atoms with E-state index in [4.69, 9.17) is 5.73 Å². The summed E-state index contributed by atoms with van der Waals surface area (Å²) < 4.78 is 26.2. The lowest BCUT2D eigenvalue weighted by Gasteiger charge is -2.14. The second-order valence-corrected chi connectivity index (χ2v) is 4.62. The highest BCUT2D eigenvalue weighted by atomic mass is 19.1. The summed E-state index contributed by atoms with van der Waals surface area (Å²) >= 11 is 0. The van der Waals surface area contributed by atoms with E-state index in [1.165, 1.54) is 12.1 Å². The summed E-state index contributed by atoms with van der Waals surface area (Å²) in [6.45, 7) is 0.167. The molecule has 0 aromatic heterocycles. The van der Waals surface area contributed by atoms with Crippen LogP contribution in [0.5, 0.6) is 0 Å². The molecule has 0 aliphatic carbocycles. The molecule has 0 radical (unpaired) electrons. The van der Waals surface area contributed by atoms with Crippen LogP contribution in [0.15, 0.2) is 48.5 Å². The number of carbonyl (C=O) groups is 1. The average molecular weight is 275 g/mol. The van der Waals surface area contributed by atoms with Gasteiger partial charge in [0.2, 0.25) is 0 Å². The first-order chi connectivity index (χ1) is 9.60. The molecule has 2 aromatic rings. The third-order valence-corrected chi connectivity index (χ3v) is 3.13. The summed E-state index contributed by atoms with van der Waals surface area (Å²) in [4.78, 5) is 12.2. The Balaban J connectivity index is 2.18. The highest BCUT2D eigenvalue weighted by Gasteiger charge is 2.19. The van der Waals surface area contributed by atoms with Gasteiger partial charge in [0.1, 0.15) is 17.4 Å². The van der Waals surface area contributed by atoms with E-state index in [0.29, 0.717) is 5.56 Å². The first-order valence-corrected chi connectivity index (χ1v) is 6.33. The fourth-order valence-corrected chi connectivity index (χ4v) is 2.18. The largest absolute Gasteiger partial charge is 0.329 e. The molecule has 0 aliphatic heterocycles. The second-order valence-electron chi connectivity index (χ2n) is 4.62. The Labute approximate surface area is 116 Å². The van der Waals surface area contributed by atoms with Crippen molar-refractivity contribution in [1.29, 1.82) is 0 Å². The Hall–Kier alpha value is -2.07. The van der Waals surface area contributed by atoms with Crippen LogP contribution in [-0.4, -0.2) is 12.3 Å². The molecule has 0 saturated carbocycles. The van der Waals surface area contributed by atoms with Crippen LogP contribution < -0.4 is 5.73 Å². The van der Waals surface area contributed by atoms with Gasteiger partial charge in [-0.05, 0) is 23.3 Å². The van der Waals surface area contributed by atoms with E-state index in [1.807, 2.05) is 30.3 Å². The van der Waals surface area contributed by atoms with Gasteiger partial charge in [-0.2, -0.15) is 0 Å². The summed E-state index contributed by atoms with van der Waals surface area (Å²) in [6.07, 6.45) is -0.0363. The molecule has 20 heavy (non-hydrogen) atoms. The normalized spacial score (nSPS) is 12.2. The molecule has 1 atom stereocenters. The van der Waals surface area contributed by atoms with Crippen molar-refractivity contribution in [2.45, 2.75) is 12.3 Å². The van der Waals surface area contributed by atoms with Crippen molar-refractivity contribution in [3.05, 3.63) is 71.3 Å². The second kappa shape index (κ2) is 6.39. The summed E-state index contributed by atoms with van der Waals surface area (Å²) in [5, 5.41) is 0. The van der Waals surface area contributed by atoms with Crippen LogP contribution in [0.3, 0.4) is 0 Å². The van der Waals surface area contributed by atoms with E-state index in [2.05, 4.69) is 0 Å². The molecule has 0 fully saturated rings. The van der Waals surface area contributed by atoms with Crippen molar-refractivity contribution >= 4 is 5.78 Å². The lowest BCUT2D eigenvalue weighted by atomic mass is 9.91. The monoisotopic (exact) mass is 275 g/mol. The molecule has 0 amide bonds. The smallest absolute Gasteiger partial charge is 0.145 e.